The summed E-state index contributed by atoms with van der Waals surface area (Å²) in [4.78, 5) is 22.5. The summed E-state index contributed by atoms with van der Waals surface area (Å²) in [6, 6.07) is 7.15. The molecule has 3 aromatic rings. The molecule has 0 radical (unpaired) electrons. The van der Waals surface area contributed by atoms with Gasteiger partial charge >= 0.3 is 0 Å². The highest BCUT2D eigenvalue weighted by molar-refractivity contribution is 5.94. The van der Waals surface area contributed by atoms with E-state index in [0.717, 1.165) is 17.6 Å². The normalized spacial score (nSPS) is 14.9. The molecule has 0 bridgehead atoms. The molecule has 2 heterocycles. The standard InChI is InChI=1S/C23H24N6O2/c1-23(2)11-5-6-16(12-23)20-27-28-21(31-20)18-19(24)25-13-17(26-18)14-7-9-15(10-8-14)22(30)29(3)4/h5-10,12-13H,11H2,1-4H3,(H2,24,25). The van der Waals surface area contributed by atoms with Gasteiger partial charge in [-0.3, -0.25) is 4.79 Å². The molecule has 8 heteroatoms. The summed E-state index contributed by atoms with van der Waals surface area (Å²) in [6.45, 7) is 4.30. The summed E-state index contributed by atoms with van der Waals surface area (Å²) in [7, 11) is 3.43. The van der Waals surface area contributed by atoms with Crippen molar-refractivity contribution in [2.45, 2.75) is 20.3 Å². The number of carbonyl (C=O) groups is 1. The van der Waals surface area contributed by atoms with E-state index in [9.17, 15) is 4.79 Å². The number of nitrogen functional groups attached to an aromatic ring is 1. The highest BCUT2D eigenvalue weighted by Gasteiger charge is 2.22. The third-order valence-corrected chi connectivity index (χ3v) is 5.00. The van der Waals surface area contributed by atoms with Crippen molar-refractivity contribution in [2.75, 3.05) is 19.8 Å². The second kappa shape index (κ2) is 7.79. The predicted molar refractivity (Wildman–Crippen MR) is 119 cm³/mol. The molecule has 0 saturated heterocycles. The summed E-state index contributed by atoms with van der Waals surface area (Å²) >= 11 is 0. The second-order valence-corrected chi connectivity index (χ2v) is 8.37. The Balaban J connectivity index is 1.65. The van der Waals surface area contributed by atoms with E-state index in [2.05, 4.69) is 46.2 Å². The summed E-state index contributed by atoms with van der Waals surface area (Å²) in [6.07, 6.45) is 8.72. The number of carbonyl (C=O) groups excluding carboxylic acids is 1. The van der Waals surface area contributed by atoms with Crippen molar-refractivity contribution in [1.82, 2.24) is 25.1 Å². The first kappa shape index (κ1) is 20.5. The third-order valence-electron chi connectivity index (χ3n) is 5.00. The van der Waals surface area contributed by atoms with Gasteiger partial charge in [-0.25, -0.2) is 9.97 Å². The van der Waals surface area contributed by atoms with Gasteiger partial charge in [0.1, 0.15) is 0 Å². The number of aromatic nitrogens is 4. The Morgan fingerprint density at radius 1 is 1.13 bits per heavy atom. The molecule has 31 heavy (non-hydrogen) atoms. The Morgan fingerprint density at radius 3 is 2.52 bits per heavy atom. The van der Waals surface area contributed by atoms with Gasteiger partial charge in [0.25, 0.3) is 11.8 Å². The minimum absolute atomic E-state index is 0.0254. The SMILES string of the molecule is CN(C)C(=O)c1ccc(-c2cnc(N)c(-c3nnc(C4=CC(C)(C)CC=C4)o3)n2)cc1. The van der Waals surface area contributed by atoms with Crippen LogP contribution in [0.3, 0.4) is 0 Å². The number of amides is 1. The molecule has 1 aliphatic carbocycles. The van der Waals surface area contributed by atoms with Crippen molar-refractivity contribution in [1.29, 1.82) is 0 Å². The Labute approximate surface area is 180 Å². The van der Waals surface area contributed by atoms with E-state index >= 15 is 0 Å². The van der Waals surface area contributed by atoms with Crippen LogP contribution in [0.25, 0.3) is 28.4 Å². The molecule has 158 valence electrons. The van der Waals surface area contributed by atoms with Gasteiger partial charge in [0.05, 0.1) is 11.9 Å². The number of benzene rings is 1. The van der Waals surface area contributed by atoms with Crippen LogP contribution >= 0.6 is 0 Å². The van der Waals surface area contributed by atoms with Gasteiger partial charge in [-0.05, 0) is 24.0 Å². The van der Waals surface area contributed by atoms with Crippen LogP contribution in [-0.2, 0) is 0 Å². The Morgan fingerprint density at radius 2 is 1.84 bits per heavy atom. The molecule has 1 aliphatic rings. The summed E-state index contributed by atoms with van der Waals surface area (Å²) in [5.74, 6) is 0.756. The van der Waals surface area contributed by atoms with Crippen LogP contribution in [0.1, 0.15) is 36.5 Å². The molecule has 0 fully saturated rings. The summed E-state index contributed by atoms with van der Waals surface area (Å²) in [5, 5.41) is 8.31. The number of nitrogens with two attached hydrogens (primary N) is 1. The van der Waals surface area contributed by atoms with Gasteiger partial charge in [0.2, 0.25) is 5.89 Å². The monoisotopic (exact) mass is 416 g/mol. The van der Waals surface area contributed by atoms with E-state index in [0.29, 0.717) is 22.8 Å². The number of anilines is 1. The van der Waals surface area contributed by atoms with Gasteiger partial charge in [-0.2, -0.15) is 0 Å². The highest BCUT2D eigenvalue weighted by Crippen LogP contribution is 2.34. The van der Waals surface area contributed by atoms with Crippen molar-refractivity contribution < 1.29 is 9.21 Å². The smallest absolute Gasteiger partial charge is 0.270 e. The summed E-state index contributed by atoms with van der Waals surface area (Å²) < 4.78 is 5.88. The number of hydrogen-bond acceptors (Lipinski definition) is 7. The molecule has 0 unspecified atom stereocenters. The fourth-order valence-electron chi connectivity index (χ4n) is 3.32. The lowest BCUT2D eigenvalue weighted by atomic mass is 9.83. The van der Waals surface area contributed by atoms with Crippen molar-refractivity contribution in [2.24, 2.45) is 5.41 Å². The van der Waals surface area contributed by atoms with E-state index in [1.165, 1.54) is 4.90 Å². The maximum absolute atomic E-state index is 12.1. The topological polar surface area (TPSA) is 111 Å². The first-order valence-corrected chi connectivity index (χ1v) is 9.92. The molecule has 0 saturated carbocycles. The van der Waals surface area contributed by atoms with Gasteiger partial charge in [0.15, 0.2) is 11.5 Å². The first-order chi connectivity index (χ1) is 14.7. The van der Waals surface area contributed by atoms with Crippen molar-refractivity contribution in [3.8, 4) is 22.8 Å². The molecule has 1 amide bonds. The Kier molecular flexibility index (Phi) is 5.14. The summed E-state index contributed by atoms with van der Waals surface area (Å²) in [5.41, 5.74) is 9.25. The minimum atomic E-state index is -0.0664. The van der Waals surface area contributed by atoms with Crippen LogP contribution in [-0.4, -0.2) is 45.1 Å². The van der Waals surface area contributed by atoms with Crippen LogP contribution in [0.15, 0.2) is 53.1 Å². The minimum Gasteiger partial charge on any atom is -0.414 e. The van der Waals surface area contributed by atoms with Crippen molar-refractivity contribution >= 4 is 17.3 Å². The number of hydrogen-bond donors (Lipinski definition) is 1. The fraction of sp³-hybridized carbons (Fsp3) is 0.261. The highest BCUT2D eigenvalue weighted by atomic mass is 16.4. The molecule has 2 aromatic heterocycles. The second-order valence-electron chi connectivity index (χ2n) is 8.37. The zero-order chi connectivity index (χ0) is 22.2. The van der Waals surface area contributed by atoms with E-state index < -0.39 is 0 Å². The van der Waals surface area contributed by atoms with E-state index in [4.69, 9.17) is 10.2 Å². The van der Waals surface area contributed by atoms with Crippen LogP contribution in [0.4, 0.5) is 5.82 Å². The number of allylic oxidation sites excluding steroid dienone is 4. The van der Waals surface area contributed by atoms with E-state index in [1.54, 1.807) is 32.4 Å². The number of nitrogens with zero attached hydrogens (tertiary/aromatic N) is 5. The molecular weight excluding hydrogens is 392 g/mol. The quantitative estimate of drug-likeness (QED) is 0.687. The average molecular weight is 416 g/mol. The molecule has 1 aromatic carbocycles. The predicted octanol–water partition coefficient (Wildman–Crippen LogP) is 3.85. The van der Waals surface area contributed by atoms with Crippen LogP contribution in [0.5, 0.6) is 0 Å². The lowest BCUT2D eigenvalue weighted by molar-refractivity contribution is 0.0827. The largest absolute Gasteiger partial charge is 0.414 e. The van der Waals surface area contributed by atoms with Gasteiger partial charge < -0.3 is 15.1 Å². The van der Waals surface area contributed by atoms with Gasteiger partial charge in [0, 0.05) is 30.8 Å². The Bertz CT molecular complexity index is 1190. The maximum Gasteiger partial charge on any atom is 0.270 e. The fourth-order valence-corrected chi connectivity index (χ4v) is 3.32. The zero-order valence-electron chi connectivity index (χ0n) is 18.0. The lowest BCUT2D eigenvalue weighted by Gasteiger charge is -2.21. The van der Waals surface area contributed by atoms with E-state index in [-0.39, 0.29) is 23.0 Å². The van der Waals surface area contributed by atoms with Gasteiger partial charge in [-0.15, -0.1) is 10.2 Å². The van der Waals surface area contributed by atoms with Crippen LogP contribution in [0, 0.1) is 5.41 Å². The van der Waals surface area contributed by atoms with Crippen LogP contribution in [0.2, 0.25) is 0 Å². The molecular formula is C23H24N6O2. The van der Waals surface area contributed by atoms with Crippen molar-refractivity contribution in [3.05, 3.63) is 60.1 Å². The molecule has 0 atom stereocenters. The van der Waals surface area contributed by atoms with Crippen molar-refractivity contribution in [3.63, 3.8) is 0 Å². The third kappa shape index (κ3) is 4.23. The molecule has 2 N–H and O–H groups in total. The number of rotatable bonds is 4. The first-order valence-electron chi connectivity index (χ1n) is 9.92. The molecule has 4 rings (SSSR count). The average Bonchev–Trinajstić information content (AvgIpc) is 3.23. The molecule has 0 aliphatic heterocycles. The maximum atomic E-state index is 12.1. The Hall–Kier alpha value is -3.81. The van der Waals surface area contributed by atoms with E-state index in [1.807, 2.05) is 18.2 Å². The zero-order valence-corrected chi connectivity index (χ0v) is 18.0. The van der Waals surface area contributed by atoms with Crippen LogP contribution < -0.4 is 5.73 Å². The molecule has 0 spiro atoms. The van der Waals surface area contributed by atoms with Gasteiger partial charge in [-0.1, -0.05) is 44.2 Å². The lowest BCUT2D eigenvalue weighted by Crippen LogP contribution is -2.21. The molecule has 8 nitrogen and oxygen atoms in total.